The molecule has 2 rings (SSSR count). The maximum absolute atomic E-state index is 11.7. The summed E-state index contributed by atoms with van der Waals surface area (Å²) in [6, 6.07) is 0.251. The minimum Gasteiger partial charge on any atom is -0.395 e. The van der Waals surface area contributed by atoms with E-state index in [0.29, 0.717) is 0 Å². The van der Waals surface area contributed by atoms with Gasteiger partial charge in [-0.2, -0.15) is 0 Å². The summed E-state index contributed by atoms with van der Waals surface area (Å²) < 4.78 is 5.11. The van der Waals surface area contributed by atoms with E-state index in [2.05, 4.69) is 18.7 Å². The number of ether oxygens (including phenoxy) is 1. The largest absolute Gasteiger partial charge is 0.395 e. The Bertz CT molecular complexity index is 407. The van der Waals surface area contributed by atoms with Gasteiger partial charge in [-0.1, -0.05) is 11.8 Å². The Morgan fingerprint density at radius 1 is 1.63 bits per heavy atom. The molecule has 2 atom stereocenters. The zero-order chi connectivity index (χ0) is 14.3. The Hall–Kier alpha value is -0.520. The lowest BCUT2D eigenvalue weighted by Crippen LogP contribution is -2.49. The van der Waals surface area contributed by atoms with Crippen LogP contribution < -0.4 is 0 Å². The number of carbonyl (C=O) groups is 1. The molecule has 0 amide bonds. The van der Waals surface area contributed by atoms with Crippen molar-refractivity contribution >= 4 is 16.9 Å². The van der Waals surface area contributed by atoms with Crippen molar-refractivity contribution in [2.24, 2.45) is 0 Å². The molecule has 2 heterocycles. The van der Waals surface area contributed by atoms with E-state index in [1.54, 1.807) is 13.2 Å². The normalized spacial score (nSPS) is 32.1. The lowest BCUT2D eigenvalue weighted by molar-refractivity contribution is -0.107. The van der Waals surface area contributed by atoms with Crippen LogP contribution in [0.4, 0.5) is 0 Å². The topological polar surface area (TPSA) is 49.8 Å². The van der Waals surface area contributed by atoms with Crippen LogP contribution in [0.5, 0.6) is 0 Å². The minimum absolute atomic E-state index is 0.0220. The Morgan fingerprint density at radius 2 is 2.32 bits per heavy atom. The van der Waals surface area contributed by atoms with Gasteiger partial charge in [-0.3, -0.25) is 4.79 Å². The number of thioether (sulfide) groups is 1. The summed E-state index contributed by atoms with van der Waals surface area (Å²) in [7, 11) is 1.73. The molecular weight excluding hydrogens is 262 g/mol. The van der Waals surface area contributed by atoms with Crippen LogP contribution in [0.15, 0.2) is 11.8 Å². The predicted molar refractivity (Wildman–Crippen MR) is 77.0 cm³/mol. The van der Waals surface area contributed by atoms with Crippen LogP contribution in [0.25, 0.3) is 0 Å². The third-order valence-electron chi connectivity index (χ3n) is 4.31. The molecule has 2 aliphatic heterocycles. The maximum atomic E-state index is 11.7. The molecule has 0 saturated carbocycles. The fraction of sp³-hybridized carbons (Fsp3) is 0.786. The summed E-state index contributed by atoms with van der Waals surface area (Å²) in [6.07, 6.45) is 3.83. The smallest absolute Gasteiger partial charge is 0.214 e. The van der Waals surface area contributed by atoms with Crippen LogP contribution in [-0.4, -0.2) is 51.8 Å². The molecule has 0 aromatic rings. The van der Waals surface area contributed by atoms with Gasteiger partial charge in [0.25, 0.3) is 0 Å². The van der Waals surface area contributed by atoms with Crippen LogP contribution >= 0.6 is 11.8 Å². The number of likely N-dealkylation sites (tertiary alicyclic amines) is 1. The SMILES string of the molecule is COC(C)(C)[C@@H]1CCCN1C1=CC(=O)S[C@@]1(C)CO. The van der Waals surface area contributed by atoms with Crippen molar-refractivity contribution in [2.45, 2.75) is 50.0 Å². The van der Waals surface area contributed by atoms with Gasteiger partial charge in [0, 0.05) is 25.4 Å². The van der Waals surface area contributed by atoms with Crippen molar-refractivity contribution in [1.29, 1.82) is 0 Å². The molecule has 0 aliphatic carbocycles. The first kappa shape index (κ1) is 14.9. The molecule has 4 nitrogen and oxygen atoms in total. The van der Waals surface area contributed by atoms with Crippen LogP contribution in [0.2, 0.25) is 0 Å². The third kappa shape index (κ3) is 2.56. The number of methoxy groups -OCH3 is 1. The summed E-state index contributed by atoms with van der Waals surface area (Å²) in [5.41, 5.74) is 0.696. The number of aliphatic hydroxyl groups is 1. The Labute approximate surface area is 119 Å². The molecule has 2 aliphatic rings. The number of aliphatic hydroxyl groups excluding tert-OH is 1. The van der Waals surface area contributed by atoms with Crippen LogP contribution in [-0.2, 0) is 9.53 Å². The van der Waals surface area contributed by atoms with E-state index in [4.69, 9.17) is 4.74 Å². The van der Waals surface area contributed by atoms with Gasteiger partial charge in [0.05, 0.1) is 23.0 Å². The molecule has 1 fully saturated rings. The van der Waals surface area contributed by atoms with Crippen LogP contribution in [0.3, 0.4) is 0 Å². The first-order valence-corrected chi connectivity index (χ1v) is 7.53. The van der Waals surface area contributed by atoms with E-state index in [9.17, 15) is 9.90 Å². The molecule has 19 heavy (non-hydrogen) atoms. The zero-order valence-corrected chi connectivity index (χ0v) is 12.9. The summed E-state index contributed by atoms with van der Waals surface area (Å²) in [5.74, 6) is 0. The quantitative estimate of drug-likeness (QED) is 0.853. The predicted octanol–water partition coefficient (Wildman–Crippen LogP) is 1.78. The molecule has 0 bridgehead atoms. The Kier molecular flexibility index (Phi) is 4.00. The van der Waals surface area contributed by atoms with Crippen molar-refractivity contribution in [3.05, 3.63) is 11.8 Å². The molecule has 0 aromatic heterocycles. The average molecular weight is 285 g/mol. The molecule has 108 valence electrons. The highest BCUT2D eigenvalue weighted by molar-refractivity contribution is 8.15. The third-order valence-corrected chi connectivity index (χ3v) is 5.42. The zero-order valence-electron chi connectivity index (χ0n) is 12.1. The second-order valence-electron chi connectivity index (χ2n) is 6.00. The highest BCUT2D eigenvalue weighted by Gasteiger charge is 2.46. The van der Waals surface area contributed by atoms with Crippen molar-refractivity contribution in [1.82, 2.24) is 4.90 Å². The molecule has 0 spiro atoms. The second kappa shape index (κ2) is 5.11. The molecule has 0 unspecified atom stereocenters. The number of rotatable bonds is 4. The fourth-order valence-electron chi connectivity index (χ4n) is 2.98. The molecule has 0 aromatic carbocycles. The lowest BCUT2D eigenvalue weighted by atomic mass is 9.94. The van der Waals surface area contributed by atoms with Gasteiger partial charge in [0.1, 0.15) is 0 Å². The summed E-state index contributed by atoms with van der Waals surface area (Å²) in [4.78, 5) is 14.0. The first-order chi connectivity index (χ1) is 8.84. The lowest BCUT2D eigenvalue weighted by Gasteiger charge is -2.42. The van der Waals surface area contributed by atoms with Gasteiger partial charge in [0.15, 0.2) is 0 Å². The van der Waals surface area contributed by atoms with E-state index in [1.165, 1.54) is 11.8 Å². The van der Waals surface area contributed by atoms with Crippen molar-refractivity contribution in [3.8, 4) is 0 Å². The van der Waals surface area contributed by atoms with E-state index in [1.807, 2.05) is 6.92 Å². The fourth-order valence-corrected chi connectivity index (χ4v) is 3.94. The summed E-state index contributed by atoms with van der Waals surface area (Å²) >= 11 is 1.22. The molecule has 1 N–H and O–H groups in total. The van der Waals surface area contributed by atoms with Crippen molar-refractivity contribution in [2.75, 3.05) is 20.3 Å². The van der Waals surface area contributed by atoms with Gasteiger partial charge in [-0.15, -0.1) is 0 Å². The summed E-state index contributed by atoms with van der Waals surface area (Å²) in [5, 5.41) is 9.68. The minimum atomic E-state index is -0.510. The number of hydrogen-bond donors (Lipinski definition) is 1. The van der Waals surface area contributed by atoms with Crippen molar-refractivity contribution < 1.29 is 14.6 Å². The number of nitrogens with zero attached hydrogens (tertiary/aromatic N) is 1. The molecular formula is C14H23NO3S. The number of carbonyl (C=O) groups excluding carboxylic acids is 1. The molecule has 5 heteroatoms. The second-order valence-corrected chi connectivity index (χ2v) is 7.51. The molecule has 1 saturated heterocycles. The number of hydrogen-bond acceptors (Lipinski definition) is 5. The standard InChI is InChI=1S/C14H23NO3S/c1-13(2,18-4)10-6-5-7-15(10)11-8-12(17)19-14(11,3)9-16/h8,10,16H,5-7,9H2,1-4H3/t10-,14-/m0/s1. The van der Waals surface area contributed by atoms with Gasteiger partial charge < -0.3 is 14.7 Å². The monoisotopic (exact) mass is 285 g/mol. The highest BCUT2D eigenvalue weighted by Crippen LogP contribution is 2.45. The van der Waals surface area contributed by atoms with Crippen LogP contribution in [0, 0.1) is 0 Å². The Morgan fingerprint density at radius 3 is 2.89 bits per heavy atom. The van der Waals surface area contributed by atoms with Crippen molar-refractivity contribution in [3.63, 3.8) is 0 Å². The van der Waals surface area contributed by atoms with Gasteiger partial charge in [0.2, 0.25) is 5.12 Å². The van der Waals surface area contributed by atoms with E-state index < -0.39 is 4.75 Å². The van der Waals surface area contributed by atoms with E-state index in [0.717, 1.165) is 25.1 Å². The van der Waals surface area contributed by atoms with Gasteiger partial charge >= 0.3 is 0 Å². The maximum Gasteiger partial charge on any atom is 0.214 e. The summed E-state index contributed by atoms with van der Waals surface area (Å²) in [6.45, 7) is 7.00. The van der Waals surface area contributed by atoms with Gasteiger partial charge in [-0.05, 0) is 33.6 Å². The van der Waals surface area contributed by atoms with E-state index in [-0.39, 0.29) is 23.4 Å². The highest BCUT2D eigenvalue weighted by atomic mass is 32.2. The Balaban J connectivity index is 2.30. The van der Waals surface area contributed by atoms with Crippen LogP contribution in [0.1, 0.15) is 33.6 Å². The first-order valence-electron chi connectivity index (χ1n) is 6.72. The van der Waals surface area contributed by atoms with E-state index >= 15 is 0 Å². The molecule has 0 radical (unpaired) electrons. The van der Waals surface area contributed by atoms with Gasteiger partial charge in [-0.25, -0.2) is 0 Å². The average Bonchev–Trinajstić information content (AvgIpc) is 2.94.